The van der Waals surface area contributed by atoms with Crippen molar-refractivity contribution in [3.63, 3.8) is 0 Å². The van der Waals surface area contributed by atoms with Crippen molar-refractivity contribution in [1.29, 1.82) is 0 Å². The average molecular weight is 342 g/mol. The first-order valence-electron chi connectivity index (χ1n) is 8.34. The van der Waals surface area contributed by atoms with Gasteiger partial charge in [0.1, 0.15) is 0 Å². The van der Waals surface area contributed by atoms with Crippen LogP contribution in [0.3, 0.4) is 0 Å². The third-order valence-corrected chi connectivity index (χ3v) is 6.92. The summed E-state index contributed by atoms with van der Waals surface area (Å²) >= 11 is 0. The lowest BCUT2D eigenvalue weighted by Crippen LogP contribution is -2.42. The molecule has 0 saturated carbocycles. The minimum absolute atomic E-state index is 0.271. The average Bonchev–Trinajstić information content (AvgIpc) is 2.60. The van der Waals surface area contributed by atoms with Crippen LogP contribution in [0.15, 0.2) is 48.5 Å². The smallest absolute Gasteiger partial charge is 0.202 e. The van der Waals surface area contributed by atoms with Crippen molar-refractivity contribution < 1.29 is 8.42 Å². The van der Waals surface area contributed by atoms with Crippen LogP contribution in [0.25, 0.3) is 0 Å². The van der Waals surface area contributed by atoms with E-state index in [0.717, 1.165) is 6.42 Å². The van der Waals surface area contributed by atoms with E-state index in [0.29, 0.717) is 12.5 Å². The molecule has 1 unspecified atom stereocenters. The minimum atomic E-state index is -3.39. The van der Waals surface area contributed by atoms with Crippen molar-refractivity contribution in [1.82, 2.24) is 9.03 Å². The highest BCUT2D eigenvalue weighted by Crippen LogP contribution is 2.55. The Morgan fingerprint density at radius 3 is 1.96 bits per heavy atom. The molecule has 5 rings (SSSR count). The summed E-state index contributed by atoms with van der Waals surface area (Å²) in [5.41, 5.74) is 5.55. The molecule has 126 valence electrons. The number of rotatable bonds is 4. The van der Waals surface area contributed by atoms with Crippen molar-refractivity contribution in [3.8, 4) is 0 Å². The van der Waals surface area contributed by atoms with Gasteiger partial charge in [0.15, 0.2) is 0 Å². The number of benzene rings is 2. The zero-order chi connectivity index (χ0) is 16.9. The maximum Gasteiger partial charge on any atom is 0.278 e. The second kappa shape index (κ2) is 5.69. The number of nitrogens with zero attached hydrogens (tertiary/aromatic N) is 1. The summed E-state index contributed by atoms with van der Waals surface area (Å²) in [5, 5.41) is 0. The van der Waals surface area contributed by atoms with E-state index < -0.39 is 10.2 Å². The number of hydrogen-bond acceptors (Lipinski definition) is 2. The van der Waals surface area contributed by atoms with E-state index in [-0.39, 0.29) is 11.8 Å². The van der Waals surface area contributed by atoms with Crippen molar-refractivity contribution in [3.05, 3.63) is 70.8 Å². The molecule has 0 radical (unpaired) electrons. The topological polar surface area (TPSA) is 49.4 Å². The highest BCUT2D eigenvalue weighted by molar-refractivity contribution is 7.87. The van der Waals surface area contributed by atoms with Gasteiger partial charge >= 0.3 is 0 Å². The van der Waals surface area contributed by atoms with Crippen LogP contribution in [0, 0.1) is 5.92 Å². The molecule has 4 nitrogen and oxygen atoms in total. The summed E-state index contributed by atoms with van der Waals surface area (Å²) in [4.78, 5) is 0. The van der Waals surface area contributed by atoms with Crippen LogP contribution in [0.1, 0.15) is 40.5 Å². The quantitative estimate of drug-likeness (QED) is 0.929. The number of nitrogens with one attached hydrogen (secondary N) is 1. The van der Waals surface area contributed by atoms with Gasteiger partial charge in [-0.2, -0.15) is 12.7 Å². The monoisotopic (exact) mass is 342 g/mol. The van der Waals surface area contributed by atoms with Gasteiger partial charge in [0.25, 0.3) is 10.2 Å². The predicted molar refractivity (Wildman–Crippen MR) is 95.3 cm³/mol. The Kier molecular flexibility index (Phi) is 3.75. The second-order valence-corrected chi connectivity index (χ2v) is 8.89. The zero-order valence-corrected chi connectivity index (χ0v) is 14.8. The third kappa shape index (κ3) is 2.39. The third-order valence-electron chi connectivity index (χ3n) is 5.43. The van der Waals surface area contributed by atoms with E-state index in [1.165, 1.54) is 26.6 Å². The lowest BCUT2D eigenvalue weighted by atomic mass is 9.59. The Hall–Kier alpha value is -1.69. The van der Waals surface area contributed by atoms with Crippen LogP contribution in [0.4, 0.5) is 0 Å². The van der Waals surface area contributed by atoms with Crippen molar-refractivity contribution in [2.45, 2.75) is 18.3 Å². The first-order valence-corrected chi connectivity index (χ1v) is 9.78. The maximum atomic E-state index is 12.1. The molecule has 0 amide bonds. The van der Waals surface area contributed by atoms with Crippen LogP contribution in [0.2, 0.25) is 0 Å². The van der Waals surface area contributed by atoms with Crippen LogP contribution in [0.5, 0.6) is 0 Å². The highest BCUT2D eigenvalue weighted by atomic mass is 32.2. The molecule has 0 aliphatic heterocycles. The fraction of sp³-hybridized carbons (Fsp3) is 0.368. The van der Waals surface area contributed by atoms with Crippen molar-refractivity contribution in [2.24, 2.45) is 5.92 Å². The molecule has 1 atom stereocenters. The summed E-state index contributed by atoms with van der Waals surface area (Å²) in [5.74, 6) is 0.929. The molecule has 0 heterocycles. The molecule has 0 aromatic heterocycles. The molecule has 3 aliphatic rings. The summed E-state index contributed by atoms with van der Waals surface area (Å²) in [6.07, 6.45) is 0.995. The van der Waals surface area contributed by atoms with Gasteiger partial charge in [-0.15, -0.1) is 0 Å². The van der Waals surface area contributed by atoms with E-state index >= 15 is 0 Å². The van der Waals surface area contributed by atoms with Crippen LogP contribution < -0.4 is 4.72 Å². The first kappa shape index (κ1) is 15.8. The SMILES string of the molecule is CN(C)S(=O)(=O)NCC1CC2c3ccccc3C1c1ccccc12. The van der Waals surface area contributed by atoms with Gasteiger partial charge in [-0.3, -0.25) is 0 Å². The largest absolute Gasteiger partial charge is 0.278 e. The molecule has 2 bridgehead atoms. The standard InChI is InChI=1S/C19H22N2O2S/c1-21(2)24(22,23)20-12-13-11-18-14-7-3-5-9-16(14)19(13)17-10-6-4-8-15(17)18/h3-10,13,18-20H,11-12H2,1-2H3. The van der Waals surface area contributed by atoms with Crippen LogP contribution in [-0.4, -0.2) is 33.4 Å². The summed E-state index contributed by atoms with van der Waals surface area (Å²) in [6.45, 7) is 0.477. The number of hydrogen-bond donors (Lipinski definition) is 1. The summed E-state index contributed by atoms with van der Waals surface area (Å²) in [6, 6.07) is 17.2. The predicted octanol–water partition coefficient (Wildman–Crippen LogP) is 2.68. The molecule has 5 heteroatoms. The van der Waals surface area contributed by atoms with E-state index in [9.17, 15) is 8.42 Å². The van der Waals surface area contributed by atoms with Crippen molar-refractivity contribution in [2.75, 3.05) is 20.6 Å². The fourth-order valence-electron chi connectivity index (χ4n) is 4.30. The van der Waals surface area contributed by atoms with E-state index in [1.807, 2.05) is 0 Å². The minimum Gasteiger partial charge on any atom is -0.202 e. The fourth-order valence-corrected chi connectivity index (χ4v) is 4.98. The molecule has 2 aromatic rings. The Morgan fingerprint density at radius 2 is 1.46 bits per heavy atom. The molecule has 0 fully saturated rings. The zero-order valence-electron chi connectivity index (χ0n) is 13.9. The molecule has 3 aliphatic carbocycles. The van der Waals surface area contributed by atoms with E-state index in [2.05, 4.69) is 53.3 Å². The van der Waals surface area contributed by atoms with Gasteiger partial charge in [-0.1, -0.05) is 48.5 Å². The molecule has 0 spiro atoms. The molecule has 0 saturated heterocycles. The molecule has 24 heavy (non-hydrogen) atoms. The maximum absolute atomic E-state index is 12.1. The Balaban J connectivity index is 1.71. The van der Waals surface area contributed by atoms with Gasteiger partial charge in [0.2, 0.25) is 0 Å². The lowest BCUT2D eigenvalue weighted by Gasteiger charge is -2.45. The van der Waals surface area contributed by atoms with Gasteiger partial charge in [0, 0.05) is 32.5 Å². The van der Waals surface area contributed by atoms with Crippen LogP contribution >= 0.6 is 0 Å². The van der Waals surface area contributed by atoms with Crippen LogP contribution in [-0.2, 0) is 10.2 Å². The van der Waals surface area contributed by atoms with E-state index in [4.69, 9.17) is 0 Å². The lowest BCUT2D eigenvalue weighted by molar-refractivity contribution is 0.352. The number of fused-ring (bicyclic) bond motifs is 1. The van der Waals surface area contributed by atoms with Crippen molar-refractivity contribution >= 4 is 10.2 Å². The molecule has 2 aromatic carbocycles. The normalized spacial score (nSPS) is 24.7. The second-order valence-electron chi connectivity index (χ2n) is 6.92. The van der Waals surface area contributed by atoms with Gasteiger partial charge in [-0.05, 0) is 34.6 Å². The Bertz CT molecular complexity index is 829. The Labute approximate surface area is 143 Å². The summed E-state index contributed by atoms with van der Waals surface area (Å²) in [7, 11) is -0.275. The Morgan fingerprint density at radius 1 is 0.958 bits per heavy atom. The van der Waals surface area contributed by atoms with E-state index in [1.54, 1.807) is 14.1 Å². The van der Waals surface area contributed by atoms with Gasteiger partial charge in [-0.25, -0.2) is 4.72 Å². The van der Waals surface area contributed by atoms with Gasteiger partial charge in [0.05, 0.1) is 0 Å². The van der Waals surface area contributed by atoms with Gasteiger partial charge < -0.3 is 0 Å². The molecular weight excluding hydrogens is 320 g/mol. The molecular formula is C19H22N2O2S. The highest BCUT2D eigenvalue weighted by Gasteiger charge is 2.43. The molecule has 1 N–H and O–H groups in total. The first-order chi connectivity index (χ1) is 11.5. The summed E-state index contributed by atoms with van der Waals surface area (Å²) < 4.78 is 28.2.